The quantitative estimate of drug-likeness (QED) is 0.767. The van der Waals surface area contributed by atoms with Gasteiger partial charge in [0, 0.05) is 11.6 Å². The molecule has 0 heterocycles. The molecular formula is C14H19NO2. The van der Waals surface area contributed by atoms with E-state index >= 15 is 0 Å². The van der Waals surface area contributed by atoms with E-state index in [4.69, 9.17) is 4.74 Å². The lowest BCUT2D eigenvalue weighted by molar-refractivity contribution is 0.0990. The van der Waals surface area contributed by atoms with Crippen molar-refractivity contribution in [1.29, 1.82) is 0 Å². The summed E-state index contributed by atoms with van der Waals surface area (Å²) in [5.41, 5.74) is 0.745. The Morgan fingerprint density at radius 3 is 2.53 bits per heavy atom. The third-order valence-corrected chi connectivity index (χ3v) is 2.68. The zero-order valence-electron chi connectivity index (χ0n) is 10.4. The fourth-order valence-corrected chi connectivity index (χ4v) is 1.62. The second-order valence-electron chi connectivity index (χ2n) is 4.77. The molecule has 0 spiro atoms. The second-order valence-corrected chi connectivity index (χ2v) is 4.77. The van der Waals surface area contributed by atoms with Gasteiger partial charge in [-0.05, 0) is 51.0 Å². The molecule has 0 saturated heterocycles. The first-order valence-corrected chi connectivity index (χ1v) is 6.18. The van der Waals surface area contributed by atoms with Gasteiger partial charge in [-0.15, -0.1) is 0 Å². The monoisotopic (exact) mass is 233 g/mol. The number of nitrogens with one attached hydrogen (secondary N) is 1. The third-order valence-electron chi connectivity index (χ3n) is 2.68. The molecule has 2 rings (SSSR count). The van der Waals surface area contributed by atoms with Crippen molar-refractivity contribution in [2.24, 2.45) is 0 Å². The standard InChI is InChI=1S/C14H19NO2/c1-10(2)17-13-7-3-11(4-8-13)14(16)9-15-12-5-6-12/h3-4,7-8,10,12,15H,5-6,9H2,1-2H3. The van der Waals surface area contributed by atoms with E-state index in [1.54, 1.807) is 0 Å². The number of hydrogen-bond donors (Lipinski definition) is 1. The highest BCUT2D eigenvalue weighted by Crippen LogP contribution is 2.19. The number of ketones is 1. The Kier molecular flexibility index (Phi) is 3.79. The minimum atomic E-state index is 0.146. The van der Waals surface area contributed by atoms with Crippen LogP contribution in [-0.4, -0.2) is 24.5 Å². The molecule has 1 aromatic rings. The van der Waals surface area contributed by atoms with Crippen LogP contribution in [0.1, 0.15) is 37.0 Å². The van der Waals surface area contributed by atoms with Crippen LogP contribution in [0.25, 0.3) is 0 Å². The summed E-state index contributed by atoms with van der Waals surface area (Å²) >= 11 is 0. The Balaban J connectivity index is 1.89. The fourth-order valence-electron chi connectivity index (χ4n) is 1.62. The normalized spacial score (nSPS) is 15.0. The smallest absolute Gasteiger partial charge is 0.176 e. The Labute approximate surface area is 102 Å². The minimum Gasteiger partial charge on any atom is -0.491 e. The number of rotatable bonds is 6. The molecule has 0 bridgehead atoms. The maximum absolute atomic E-state index is 11.8. The summed E-state index contributed by atoms with van der Waals surface area (Å²) < 4.78 is 5.53. The Morgan fingerprint density at radius 1 is 1.35 bits per heavy atom. The molecule has 1 fully saturated rings. The van der Waals surface area contributed by atoms with Gasteiger partial charge >= 0.3 is 0 Å². The average molecular weight is 233 g/mol. The minimum absolute atomic E-state index is 0.146. The highest BCUT2D eigenvalue weighted by molar-refractivity contribution is 5.97. The molecule has 3 heteroatoms. The molecule has 1 saturated carbocycles. The lowest BCUT2D eigenvalue weighted by Crippen LogP contribution is -2.24. The van der Waals surface area contributed by atoms with Gasteiger partial charge in [-0.3, -0.25) is 4.79 Å². The average Bonchev–Trinajstić information content (AvgIpc) is 3.10. The molecule has 0 radical (unpaired) electrons. The molecule has 1 aliphatic rings. The number of Topliss-reactive ketones (excluding diaryl/α,β-unsaturated/α-hetero) is 1. The Hall–Kier alpha value is -1.35. The van der Waals surface area contributed by atoms with Gasteiger partial charge in [0.2, 0.25) is 0 Å². The molecule has 17 heavy (non-hydrogen) atoms. The summed E-state index contributed by atoms with van der Waals surface area (Å²) in [6, 6.07) is 7.93. The number of carbonyl (C=O) groups excluding carboxylic acids is 1. The molecule has 0 aromatic heterocycles. The second kappa shape index (κ2) is 5.32. The molecule has 1 aromatic carbocycles. The SMILES string of the molecule is CC(C)Oc1ccc(C(=O)CNC2CC2)cc1. The zero-order chi connectivity index (χ0) is 12.3. The molecule has 0 atom stereocenters. The summed E-state index contributed by atoms with van der Waals surface area (Å²) in [6.07, 6.45) is 2.57. The molecule has 0 amide bonds. The molecule has 0 aliphatic heterocycles. The number of carbonyl (C=O) groups is 1. The van der Waals surface area contributed by atoms with Gasteiger partial charge in [0.05, 0.1) is 12.6 Å². The third kappa shape index (κ3) is 3.86. The van der Waals surface area contributed by atoms with Crippen LogP contribution in [0.3, 0.4) is 0 Å². The lowest BCUT2D eigenvalue weighted by Gasteiger charge is -2.09. The molecule has 0 unspecified atom stereocenters. The fraction of sp³-hybridized carbons (Fsp3) is 0.500. The van der Waals surface area contributed by atoms with Crippen LogP contribution in [0.4, 0.5) is 0 Å². The van der Waals surface area contributed by atoms with Gasteiger partial charge in [-0.2, -0.15) is 0 Å². The van der Waals surface area contributed by atoms with Crippen molar-refractivity contribution < 1.29 is 9.53 Å². The van der Waals surface area contributed by atoms with E-state index in [0.717, 1.165) is 11.3 Å². The summed E-state index contributed by atoms with van der Waals surface area (Å²) in [4.78, 5) is 11.8. The number of hydrogen-bond acceptors (Lipinski definition) is 3. The van der Waals surface area contributed by atoms with E-state index < -0.39 is 0 Å². The molecule has 1 N–H and O–H groups in total. The van der Waals surface area contributed by atoms with Crippen molar-refractivity contribution in [3.8, 4) is 5.75 Å². The summed E-state index contributed by atoms with van der Waals surface area (Å²) in [6.45, 7) is 4.41. The van der Waals surface area contributed by atoms with Gasteiger partial charge < -0.3 is 10.1 Å². The van der Waals surface area contributed by atoms with E-state index in [-0.39, 0.29) is 11.9 Å². The summed E-state index contributed by atoms with van der Waals surface area (Å²) in [5, 5.41) is 3.22. The maximum Gasteiger partial charge on any atom is 0.176 e. The molecule has 92 valence electrons. The van der Waals surface area contributed by atoms with Crippen LogP contribution >= 0.6 is 0 Å². The predicted octanol–water partition coefficient (Wildman–Crippen LogP) is 2.41. The van der Waals surface area contributed by atoms with Crippen molar-refractivity contribution >= 4 is 5.78 Å². The molecule has 3 nitrogen and oxygen atoms in total. The van der Waals surface area contributed by atoms with Crippen molar-refractivity contribution in [3.63, 3.8) is 0 Å². The Morgan fingerprint density at radius 2 is 2.00 bits per heavy atom. The first kappa shape index (κ1) is 12.1. The molecular weight excluding hydrogens is 214 g/mol. The van der Waals surface area contributed by atoms with Crippen LogP contribution < -0.4 is 10.1 Å². The van der Waals surface area contributed by atoms with Crippen LogP contribution in [0.15, 0.2) is 24.3 Å². The van der Waals surface area contributed by atoms with Crippen LogP contribution in [-0.2, 0) is 0 Å². The topological polar surface area (TPSA) is 38.3 Å². The van der Waals surface area contributed by atoms with Crippen molar-refractivity contribution in [2.45, 2.75) is 38.8 Å². The van der Waals surface area contributed by atoms with Gasteiger partial charge in [0.15, 0.2) is 5.78 Å². The van der Waals surface area contributed by atoms with Crippen LogP contribution in [0, 0.1) is 0 Å². The van der Waals surface area contributed by atoms with E-state index in [9.17, 15) is 4.79 Å². The van der Waals surface area contributed by atoms with Crippen molar-refractivity contribution in [2.75, 3.05) is 6.54 Å². The van der Waals surface area contributed by atoms with E-state index in [1.807, 2.05) is 38.1 Å². The first-order chi connectivity index (χ1) is 8.15. The van der Waals surface area contributed by atoms with E-state index in [1.165, 1.54) is 12.8 Å². The van der Waals surface area contributed by atoms with Gasteiger partial charge in [0.1, 0.15) is 5.75 Å². The van der Waals surface area contributed by atoms with E-state index in [0.29, 0.717) is 12.6 Å². The summed E-state index contributed by atoms with van der Waals surface area (Å²) in [5.74, 6) is 0.958. The van der Waals surface area contributed by atoms with Gasteiger partial charge in [-0.1, -0.05) is 0 Å². The predicted molar refractivity (Wildman–Crippen MR) is 67.6 cm³/mol. The van der Waals surface area contributed by atoms with Crippen molar-refractivity contribution in [3.05, 3.63) is 29.8 Å². The molecule has 1 aliphatic carbocycles. The highest BCUT2D eigenvalue weighted by atomic mass is 16.5. The first-order valence-electron chi connectivity index (χ1n) is 6.18. The highest BCUT2D eigenvalue weighted by Gasteiger charge is 2.21. The number of ether oxygens (including phenoxy) is 1. The maximum atomic E-state index is 11.8. The zero-order valence-corrected chi connectivity index (χ0v) is 10.4. The largest absolute Gasteiger partial charge is 0.491 e. The van der Waals surface area contributed by atoms with Crippen LogP contribution in [0.5, 0.6) is 5.75 Å². The van der Waals surface area contributed by atoms with Gasteiger partial charge in [0.25, 0.3) is 0 Å². The number of benzene rings is 1. The summed E-state index contributed by atoms with van der Waals surface area (Å²) in [7, 11) is 0. The van der Waals surface area contributed by atoms with E-state index in [2.05, 4.69) is 5.32 Å². The Bertz CT molecular complexity index is 380. The van der Waals surface area contributed by atoms with Crippen LogP contribution in [0.2, 0.25) is 0 Å². The van der Waals surface area contributed by atoms with Crippen molar-refractivity contribution in [1.82, 2.24) is 5.32 Å². The van der Waals surface area contributed by atoms with Gasteiger partial charge in [-0.25, -0.2) is 0 Å². The lowest BCUT2D eigenvalue weighted by atomic mass is 10.1.